The highest BCUT2D eigenvalue weighted by molar-refractivity contribution is 6.28. The van der Waals surface area contributed by atoms with Gasteiger partial charge < -0.3 is 19.9 Å². The summed E-state index contributed by atoms with van der Waals surface area (Å²) in [6.45, 7) is 6.89. The maximum absolute atomic E-state index is 11.5. The first-order valence-electron chi connectivity index (χ1n) is 10.9. The van der Waals surface area contributed by atoms with Crippen LogP contribution in [0.2, 0.25) is 5.28 Å². The number of carbonyl (C=O) groups is 1. The lowest BCUT2D eigenvalue weighted by molar-refractivity contribution is -0.104. The molecule has 9 nitrogen and oxygen atoms in total. The molecule has 1 atom stereocenters. The van der Waals surface area contributed by atoms with Crippen LogP contribution in [-0.4, -0.2) is 44.2 Å². The number of primary amides is 1. The van der Waals surface area contributed by atoms with Crippen LogP contribution in [0.5, 0.6) is 5.88 Å². The van der Waals surface area contributed by atoms with Gasteiger partial charge in [0.15, 0.2) is 11.9 Å². The van der Waals surface area contributed by atoms with Crippen molar-refractivity contribution in [3.63, 3.8) is 0 Å². The molecule has 2 aromatic rings. The average molecular weight is 452 g/mol. The van der Waals surface area contributed by atoms with Gasteiger partial charge in [-0.15, -0.1) is 0 Å². The molecule has 1 aliphatic heterocycles. The van der Waals surface area contributed by atoms with Crippen molar-refractivity contribution < 1.29 is 19.0 Å². The van der Waals surface area contributed by atoms with E-state index in [4.69, 9.17) is 31.5 Å². The molecule has 170 valence electrons. The van der Waals surface area contributed by atoms with Crippen molar-refractivity contribution in [2.45, 2.75) is 83.6 Å². The number of nitrogens with two attached hydrogens (primary N) is 1. The van der Waals surface area contributed by atoms with Gasteiger partial charge in [-0.2, -0.15) is 15.1 Å². The molecule has 31 heavy (non-hydrogen) atoms. The molecule has 0 spiro atoms. The van der Waals surface area contributed by atoms with Crippen LogP contribution in [0.15, 0.2) is 6.20 Å². The third-order valence-electron chi connectivity index (χ3n) is 6.50. The van der Waals surface area contributed by atoms with E-state index in [0.29, 0.717) is 49.2 Å². The normalized spacial score (nSPS) is 27.2. The zero-order valence-electron chi connectivity index (χ0n) is 18.3. The van der Waals surface area contributed by atoms with Crippen LogP contribution in [-0.2, 0) is 9.47 Å². The highest BCUT2D eigenvalue weighted by Gasteiger charge is 2.48. The van der Waals surface area contributed by atoms with Gasteiger partial charge in [0.1, 0.15) is 17.1 Å². The number of ether oxygens (including phenoxy) is 3. The Labute approximate surface area is 186 Å². The molecule has 2 aliphatic rings. The summed E-state index contributed by atoms with van der Waals surface area (Å²) in [5.74, 6) is 0.418. The predicted molar refractivity (Wildman–Crippen MR) is 115 cm³/mol. The van der Waals surface area contributed by atoms with Gasteiger partial charge in [0.05, 0.1) is 6.20 Å². The fourth-order valence-electron chi connectivity index (χ4n) is 4.62. The number of hydrogen-bond donors (Lipinski definition) is 1. The topological polar surface area (TPSA) is 114 Å². The van der Waals surface area contributed by atoms with Crippen LogP contribution >= 0.6 is 11.6 Å². The molecule has 0 radical (unpaired) electrons. The maximum Gasteiger partial charge on any atom is 0.405 e. The minimum absolute atomic E-state index is 0.0876. The highest BCUT2D eigenvalue weighted by atomic mass is 35.5. The molecule has 0 aromatic carbocycles. The van der Waals surface area contributed by atoms with Crippen LogP contribution < -0.4 is 10.5 Å². The summed E-state index contributed by atoms with van der Waals surface area (Å²) in [6, 6.07) is 0. The van der Waals surface area contributed by atoms with Gasteiger partial charge in [-0.1, -0.05) is 20.8 Å². The lowest BCUT2D eigenvalue weighted by Gasteiger charge is -2.47. The molecule has 2 fully saturated rings. The minimum atomic E-state index is -0.740. The summed E-state index contributed by atoms with van der Waals surface area (Å²) in [5, 5.41) is 5.30. The van der Waals surface area contributed by atoms with Gasteiger partial charge in [0, 0.05) is 12.0 Å². The molecule has 10 heteroatoms. The van der Waals surface area contributed by atoms with Gasteiger partial charge in [0.2, 0.25) is 11.2 Å². The third-order valence-corrected chi connectivity index (χ3v) is 6.67. The summed E-state index contributed by atoms with van der Waals surface area (Å²) >= 11 is 6.22. The Morgan fingerprint density at radius 1 is 1.26 bits per heavy atom. The van der Waals surface area contributed by atoms with Crippen molar-refractivity contribution in [1.82, 2.24) is 19.7 Å². The van der Waals surface area contributed by atoms with Gasteiger partial charge in [-0.05, 0) is 56.5 Å². The van der Waals surface area contributed by atoms with Crippen LogP contribution in [0.25, 0.3) is 11.0 Å². The van der Waals surface area contributed by atoms with E-state index in [-0.39, 0.29) is 23.0 Å². The molecule has 0 bridgehead atoms. The van der Waals surface area contributed by atoms with E-state index < -0.39 is 11.7 Å². The van der Waals surface area contributed by atoms with E-state index in [0.717, 1.165) is 19.3 Å². The van der Waals surface area contributed by atoms with E-state index in [1.807, 2.05) is 0 Å². The zero-order valence-corrected chi connectivity index (χ0v) is 19.0. The van der Waals surface area contributed by atoms with Crippen molar-refractivity contribution in [3.8, 4) is 5.88 Å². The standard InChI is InChI=1S/C21H30ClN5O4/c1-20(2,3)21(31-19(23)28)9-7-13(8-10-21)30-17-14-12-24-27(15-6-4-5-11-29-15)16(14)25-18(22)26-17/h12-13,15H,4-11H2,1-3H3,(H2,23,28)/t13-,15?,21+. The Balaban J connectivity index is 1.53. The van der Waals surface area contributed by atoms with Crippen molar-refractivity contribution in [3.05, 3.63) is 11.5 Å². The zero-order chi connectivity index (χ0) is 22.2. The number of halogens is 1. The van der Waals surface area contributed by atoms with Crippen molar-refractivity contribution >= 4 is 28.7 Å². The van der Waals surface area contributed by atoms with Gasteiger partial charge in [-0.3, -0.25) is 0 Å². The second-order valence-corrected chi connectivity index (χ2v) is 9.77. The molecule has 1 unspecified atom stereocenters. The van der Waals surface area contributed by atoms with E-state index in [2.05, 4.69) is 35.8 Å². The third kappa shape index (κ3) is 4.43. The highest BCUT2D eigenvalue weighted by Crippen LogP contribution is 2.45. The van der Waals surface area contributed by atoms with E-state index >= 15 is 0 Å². The van der Waals surface area contributed by atoms with Crippen LogP contribution in [0, 0.1) is 5.41 Å². The molecule has 2 N–H and O–H groups in total. The maximum atomic E-state index is 11.5. The number of nitrogens with zero attached hydrogens (tertiary/aromatic N) is 4. The van der Waals surface area contributed by atoms with Crippen LogP contribution in [0.4, 0.5) is 4.79 Å². The van der Waals surface area contributed by atoms with E-state index in [1.165, 1.54) is 0 Å². The van der Waals surface area contributed by atoms with Crippen molar-refractivity contribution in [1.29, 1.82) is 0 Å². The predicted octanol–water partition coefficient (Wildman–Crippen LogP) is 4.38. The Morgan fingerprint density at radius 2 is 2.00 bits per heavy atom. The molecular formula is C21H30ClN5O4. The first-order chi connectivity index (χ1) is 14.7. The summed E-state index contributed by atoms with van der Waals surface area (Å²) in [6.07, 6.45) is 6.45. The first-order valence-corrected chi connectivity index (χ1v) is 11.2. The van der Waals surface area contributed by atoms with Gasteiger partial charge >= 0.3 is 6.09 Å². The van der Waals surface area contributed by atoms with Gasteiger partial charge in [0.25, 0.3) is 0 Å². The number of rotatable bonds is 4. The quantitative estimate of drug-likeness (QED) is 0.685. The minimum Gasteiger partial charge on any atom is -0.474 e. The lowest BCUT2D eigenvalue weighted by Crippen LogP contribution is -2.51. The average Bonchev–Trinajstić information content (AvgIpc) is 3.13. The van der Waals surface area contributed by atoms with E-state index in [1.54, 1.807) is 10.9 Å². The number of hydrogen-bond acceptors (Lipinski definition) is 7. The molecular weight excluding hydrogens is 422 g/mol. The number of fused-ring (bicyclic) bond motifs is 1. The fourth-order valence-corrected chi connectivity index (χ4v) is 4.78. The monoisotopic (exact) mass is 451 g/mol. The van der Waals surface area contributed by atoms with Gasteiger partial charge in [-0.25, -0.2) is 9.48 Å². The molecule has 2 aromatic heterocycles. The van der Waals surface area contributed by atoms with Crippen LogP contribution in [0.3, 0.4) is 0 Å². The SMILES string of the molecule is CC(C)(C)[C@]1(OC(N)=O)CC[C@@H](Oc2nc(Cl)nc3c2cnn3C2CCCCO2)CC1. The molecule has 1 saturated carbocycles. The number of carbonyl (C=O) groups excluding carboxylic acids is 1. The summed E-state index contributed by atoms with van der Waals surface area (Å²) in [7, 11) is 0. The van der Waals surface area contributed by atoms with E-state index in [9.17, 15) is 4.79 Å². The summed E-state index contributed by atoms with van der Waals surface area (Å²) in [4.78, 5) is 20.2. The Bertz CT molecular complexity index is 943. The first kappa shape index (κ1) is 22.1. The lowest BCUT2D eigenvalue weighted by atomic mass is 9.67. The Kier molecular flexibility index (Phi) is 6.00. The Hall–Kier alpha value is -2.13. The second kappa shape index (κ2) is 8.43. The second-order valence-electron chi connectivity index (χ2n) is 9.43. The smallest absolute Gasteiger partial charge is 0.405 e. The summed E-state index contributed by atoms with van der Waals surface area (Å²) in [5.41, 5.74) is 5.13. The van der Waals surface area contributed by atoms with Crippen molar-refractivity contribution in [2.24, 2.45) is 11.1 Å². The van der Waals surface area contributed by atoms with Crippen LogP contribution in [0.1, 0.15) is 71.9 Å². The summed E-state index contributed by atoms with van der Waals surface area (Å²) < 4.78 is 19.5. The Morgan fingerprint density at radius 3 is 2.61 bits per heavy atom. The number of amides is 1. The molecule has 1 aliphatic carbocycles. The van der Waals surface area contributed by atoms with Crippen molar-refractivity contribution in [2.75, 3.05) is 6.61 Å². The number of aromatic nitrogens is 4. The molecule has 1 amide bonds. The molecule has 1 saturated heterocycles. The fraction of sp³-hybridized carbons (Fsp3) is 0.714. The molecule has 4 rings (SSSR count). The largest absolute Gasteiger partial charge is 0.474 e. The molecule has 3 heterocycles.